The average molecular weight is 347 g/mol. The van der Waals surface area contributed by atoms with Gasteiger partial charge in [-0.25, -0.2) is 9.67 Å². The first-order valence-electron chi connectivity index (χ1n) is 7.33. The number of halogens is 2. The van der Waals surface area contributed by atoms with E-state index in [9.17, 15) is 8.78 Å². The Morgan fingerprint density at radius 3 is 2.84 bits per heavy atom. The van der Waals surface area contributed by atoms with Crippen LogP contribution in [0.1, 0.15) is 5.56 Å². The summed E-state index contributed by atoms with van der Waals surface area (Å²) in [7, 11) is 1.39. The molecule has 2 heterocycles. The highest BCUT2D eigenvalue weighted by atomic mass is 19.3. The maximum absolute atomic E-state index is 12.3. The van der Waals surface area contributed by atoms with Gasteiger partial charge in [-0.1, -0.05) is 6.07 Å². The Kier molecular flexibility index (Phi) is 5.03. The Balaban J connectivity index is 1.70. The molecule has 0 aliphatic rings. The minimum absolute atomic E-state index is 0.0123. The lowest BCUT2D eigenvalue weighted by atomic mass is 10.2. The number of anilines is 1. The Morgan fingerprint density at radius 1 is 1.24 bits per heavy atom. The van der Waals surface area contributed by atoms with E-state index < -0.39 is 6.61 Å². The first-order chi connectivity index (χ1) is 12.2. The second kappa shape index (κ2) is 7.56. The molecule has 1 aromatic carbocycles. The van der Waals surface area contributed by atoms with Crippen molar-refractivity contribution in [2.75, 3.05) is 12.4 Å². The molecule has 2 aromatic heterocycles. The normalized spacial score (nSPS) is 10.7. The van der Waals surface area contributed by atoms with Gasteiger partial charge < -0.3 is 14.8 Å². The summed E-state index contributed by atoms with van der Waals surface area (Å²) >= 11 is 0. The van der Waals surface area contributed by atoms with Crippen molar-refractivity contribution in [2.45, 2.75) is 13.2 Å². The molecular formula is C16H15F2N5O2. The second-order valence-corrected chi connectivity index (χ2v) is 4.93. The van der Waals surface area contributed by atoms with Crippen molar-refractivity contribution < 1.29 is 18.3 Å². The second-order valence-electron chi connectivity index (χ2n) is 4.93. The summed E-state index contributed by atoms with van der Waals surface area (Å²) in [6.45, 7) is -2.50. The quantitative estimate of drug-likeness (QED) is 0.708. The molecule has 0 unspecified atom stereocenters. The molecule has 0 radical (unpaired) electrons. The number of benzene rings is 1. The number of aromatic nitrogens is 4. The van der Waals surface area contributed by atoms with Crippen LogP contribution in [-0.2, 0) is 6.54 Å². The highest BCUT2D eigenvalue weighted by Gasteiger charge is 2.11. The monoisotopic (exact) mass is 347 g/mol. The van der Waals surface area contributed by atoms with Gasteiger partial charge >= 0.3 is 6.61 Å². The zero-order valence-corrected chi connectivity index (χ0v) is 13.3. The fourth-order valence-electron chi connectivity index (χ4n) is 2.16. The first kappa shape index (κ1) is 16.6. The number of ether oxygens (including phenoxy) is 2. The van der Waals surface area contributed by atoms with Gasteiger partial charge in [0.1, 0.15) is 5.82 Å². The SMILES string of the molecule is COc1cc(CNc2cncc(-n3cccn3)n2)ccc1OC(F)F. The molecule has 0 saturated heterocycles. The zero-order valence-electron chi connectivity index (χ0n) is 13.3. The van der Waals surface area contributed by atoms with Crippen LogP contribution >= 0.6 is 0 Å². The smallest absolute Gasteiger partial charge is 0.387 e. The summed E-state index contributed by atoms with van der Waals surface area (Å²) in [6, 6.07) is 6.51. The topological polar surface area (TPSA) is 74.1 Å². The molecule has 130 valence electrons. The van der Waals surface area contributed by atoms with Gasteiger partial charge in [0.15, 0.2) is 17.3 Å². The fourth-order valence-corrected chi connectivity index (χ4v) is 2.16. The van der Waals surface area contributed by atoms with Crippen LogP contribution in [-0.4, -0.2) is 33.5 Å². The Hall–Kier alpha value is -3.23. The van der Waals surface area contributed by atoms with Gasteiger partial charge in [0.25, 0.3) is 0 Å². The molecule has 0 atom stereocenters. The summed E-state index contributed by atoms with van der Waals surface area (Å²) < 4.78 is 35.8. The van der Waals surface area contributed by atoms with E-state index in [0.29, 0.717) is 18.2 Å². The summed E-state index contributed by atoms with van der Waals surface area (Å²) in [5.41, 5.74) is 0.810. The summed E-state index contributed by atoms with van der Waals surface area (Å²) in [5.74, 6) is 1.35. The van der Waals surface area contributed by atoms with Crippen molar-refractivity contribution in [1.82, 2.24) is 19.7 Å². The van der Waals surface area contributed by atoms with Gasteiger partial charge in [-0.2, -0.15) is 13.9 Å². The molecule has 9 heteroatoms. The van der Waals surface area contributed by atoms with Crippen LogP contribution < -0.4 is 14.8 Å². The number of nitrogens with zero attached hydrogens (tertiary/aromatic N) is 4. The molecular weight excluding hydrogens is 332 g/mol. The van der Waals surface area contributed by atoms with Crippen LogP contribution in [0.5, 0.6) is 11.5 Å². The fraction of sp³-hybridized carbons (Fsp3) is 0.188. The molecule has 0 aliphatic heterocycles. The molecule has 0 saturated carbocycles. The van der Waals surface area contributed by atoms with Crippen LogP contribution in [0.3, 0.4) is 0 Å². The standard InChI is InChI=1S/C16H15F2N5O2/c1-24-13-7-11(3-4-12(13)25-16(17)18)8-20-14-9-19-10-15(22-14)23-6-2-5-21-23/h2-7,9-10,16H,8H2,1H3,(H,20,22). The molecule has 25 heavy (non-hydrogen) atoms. The van der Waals surface area contributed by atoms with Crippen molar-refractivity contribution in [1.29, 1.82) is 0 Å². The number of methoxy groups -OCH3 is 1. The maximum Gasteiger partial charge on any atom is 0.387 e. The van der Waals surface area contributed by atoms with Crippen molar-refractivity contribution in [3.05, 3.63) is 54.6 Å². The third-order valence-corrected chi connectivity index (χ3v) is 3.28. The van der Waals surface area contributed by atoms with E-state index in [1.54, 1.807) is 47.7 Å². The number of alkyl halides is 2. The van der Waals surface area contributed by atoms with E-state index in [1.165, 1.54) is 13.2 Å². The van der Waals surface area contributed by atoms with Gasteiger partial charge in [0.2, 0.25) is 0 Å². The number of hydrogen-bond donors (Lipinski definition) is 1. The number of rotatable bonds is 7. The van der Waals surface area contributed by atoms with Crippen molar-refractivity contribution in [3.8, 4) is 17.3 Å². The molecule has 3 rings (SSSR count). The molecule has 0 aliphatic carbocycles. The minimum Gasteiger partial charge on any atom is -0.493 e. The Morgan fingerprint density at radius 2 is 2.12 bits per heavy atom. The molecule has 3 aromatic rings. The summed E-state index contributed by atoms with van der Waals surface area (Å²) in [5, 5.41) is 7.21. The summed E-state index contributed by atoms with van der Waals surface area (Å²) in [4.78, 5) is 8.52. The molecule has 0 bridgehead atoms. The summed E-state index contributed by atoms with van der Waals surface area (Å²) in [6.07, 6.45) is 6.59. The molecule has 0 fully saturated rings. The predicted molar refractivity (Wildman–Crippen MR) is 86.1 cm³/mol. The number of hydrogen-bond acceptors (Lipinski definition) is 6. The maximum atomic E-state index is 12.3. The molecule has 0 spiro atoms. The minimum atomic E-state index is -2.90. The Bertz CT molecular complexity index is 827. The van der Waals surface area contributed by atoms with E-state index in [2.05, 4.69) is 25.1 Å². The predicted octanol–water partition coefficient (Wildman–Crippen LogP) is 2.88. The van der Waals surface area contributed by atoms with Crippen LogP contribution in [0.2, 0.25) is 0 Å². The highest BCUT2D eigenvalue weighted by Crippen LogP contribution is 2.29. The lowest BCUT2D eigenvalue weighted by molar-refractivity contribution is -0.0512. The van der Waals surface area contributed by atoms with Gasteiger partial charge in [-0.15, -0.1) is 0 Å². The van der Waals surface area contributed by atoms with Crippen molar-refractivity contribution >= 4 is 5.82 Å². The largest absolute Gasteiger partial charge is 0.493 e. The third-order valence-electron chi connectivity index (χ3n) is 3.28. The molecule has 1 N–H and O–H groups in total. The van der Waals surface area contributed by atoms with Gasteiger partial charge in [0.05, 0.1) is 19.5 Å². The average Bonchev–Trinajstić information content (AvgIpc) is 3.15. The molecule has 7 nitrogen and oxygen atoms in total. The lowest BCUT2D eigenvalue weighted by Gasteiger charge is -2.12. The van der Waals surface area contributed by atoms with E-state index in [-0.39, 0.29) is 11.5 Å². The highest BCUT2D eigenvalue weighted by molar-refractivity contribution is 5.44. The van der Waals surface area contributed by atoms with Crippen LogP contribution in [0, 0.1) is 0 Å². The third kappa shape index (κ3) is 4.19. The zero-order chi connectivity index (χ0) is 17.6. The van der Waals surface area contributed by atoms with Crippen LogP contribution in [0.15, 0.2) is 49.1 Å². The lowest BCUT2D eigenvalue weighted by Crippen LogP contribution is -2.07. The van der Waals surface area contributed by atoms with E-state index in [4.69, 9.17) is 4.74 Å². The van der Waals surface area contributed by atoms with Crippen LogP contribution in [0.25, 0.3) is 5.82 Å². The van der Waals surface area contributed by atoms with Crippen LogP contribution in [0.4, 0.5) is 14.6 Å². The van der Waals surface area contributed by atoms with Gasteiger partial charge in [-0.05, 0) is 23.8 Å². The van der Waals surface area contributed by atoms with E-state index in [0.717, 1.165) is 5.56 Å². The molecule has 0 amide bonds. The van der Waals surface area contributed by atoms with E-state index in [1.807, 2.05) is 0 Å². The first-order valence-corrected chi connectivity index (χ1v) is 7.33. The Labute approximate surface area is 142 Å². The van der Waals surface area contributed by atoms with Crippen molar-refractivity contribution in [2.24, 2.45) is 0 Å². The number of nitrogens with one attached hydrogen (secondary N) is 1. The van der Waals surface area contributed by atoms with Crippen molar-refractivity contribution in [3.63, 3.8) is 0 Å². The van der Waals surface area contributed by atoms with Gasteiger partial charge in [-0.3, -0.25) is 4.98 Å². The van der Waals surface area contributed by atoms with E-state index >= 15 is 0 Å². The van der Waals surface area contributed by atoms with Gasteiger partial charge in [0, 0.05) is 18.9 Å².